The molecule has 1 aromatic carbocycles. The topological polar surface area (TPSA) is 21.5 Å². The Morgan fingerprint density at radius 1 is 1.05 bits per heavy atom. The lowest BCUT2D eigenvalue weighted by Crippen LogP contribution is -1.92. The molecular formula is C16H11Cl2NO. The van der Waals surface area contributed by atoms with Gasteiger partial charge in [-0.25, -0.2) is 0 Å². The summed E-state index contributed by atoms with van der Waals surface area (Å²) < 4.78 is 1.85. The molecule has 0 saturated carbocycles. The monoisotopic (exact) mass is 303 g/mol. The number of hydrogen-bond donors (Lipinski definition) is 0. The first kappa shape index (κ1) is 13.2. The van der Waals surface area contributed by atoms with Gasteiger partial charge in [-0.2, -0.15) is 0 Å². The number of pyridine rings is 1. The predicted octanol–water partition coefficient (Wildman–Crippen LogP) is 5.03. The van der Waals surface area contributed by atoms with Crippen LogP contribution in [-0.2, 0) is 0 Å². The van der Waals surface area contributed by atoms with Crippen LogP contribution in [0.25, 0.3) is 16.6 Å². The summed E-state index contributed by atoms with van der Waals surface area (Å²) in [5.74, 6) is 0. The van der Waals surface area contributed by atoms with Gasteiger partial charge in [0.05, 0.1) is 5.69 Å². The van der Waals surface area contributed by atoms with Crippen molar-refractivity contribution in [2.45, 2.75) is 6.92 Å². The Hall–Kier alpha value is -1.77. The maximum atomic E-state index is 11.5. The summed E-state index contributed by atoms with van der Waals surface area (Å²) in [7, 11) is 0. The third-order valence-electron chi connectivity index (χ3n) is 3.30. The fourth-order valence-corrected chi connectivity index (χ4v) is 2.74. The quantitative estimate of drug-likeness (QED) is 0.608. The van der Waals surface area contributed by atoms with Gasteiger partial charge in [0.15, 0.2) is 6.29 Å². The first-order valence-electron chi connectivity index (χ1n) is 6.12. The van der Waals surface area contributed by atoms with Crippen molar-refractivity contribution in [2.75, 3.05) is 0 Å². The lowest BCUT2D eigenvalue weighted by Gasteiger charge is -2.04. The van der Waals surface area contributed by atoms with E-state index in [0.717, 1.165) is 28.5 Å². The number of carbonyl (C=O) groups is 1. The van der Waals surface area contributed by atoms with Crippen LogP contribution in [0.5, 0.6) is 0 Å². The second-order valence-electron chi connectivity index (χ2n) is 4.68. The highest BCUT2D eigenvalue weighted by Crippen LogP contribution is 2.34. The highest BCUT2D eigenvalue weighted by molar-refractivity contribution is 6.35. The van der Waals surface area contributed by atoms with Crippen molar-refractivity contribution >= 4 is 35.0 Å². The first-order chi connectivity index (χ1) is 9.60. The molecule has 2 nitrogen and oxygen atoms in total. The van der Waals surface area contributed by atoms with Gasteiger partial charge < -0.3 is 4.40 Å². The molecule has 4 heteroatoms. The third-order valence-corrected chi connectivity index (χ3v) is 3.86. The largest absolute Gasteiger partial charge is 0.314 e. The Morgan fingerprint density at radius 3 is 2.60 bits per heavy atom. The van der Waals surface area contributed by atoms with E-state index in [1.165, 1.54) is 0 Å². The molecule has 0 amide bonds. The minimum atomic E-state index is 0.573. The second-order valence-corrected chi connectivity index (χ2v) is 5.53. The molecule has 0 atom stereocenters. The molecule has 0 radical (unpaired) electrons. The highest BCUT2D eigenvalue weighted by Gasteiger charge is 2.14. The molecule has 0 fully saturated rings. The average Bonchev–Trinajstić information content (AvgIpc) is 2.78. The van der Waals surface area contributed by atoms with Crippen LogP contribution in [-0.4, -0.2) is 10.7 Å². The Balaban J connectivity index is 2.35. The van der Waals surface area contributed by atoms with Crippen molar-refractivity contribution in [2.24, 2.45) is 0 Å². The van der Waals surface area contributed by atoms with Crippen molar-refractivity contribution in [3.63, 3.8) is 0 Å². The number of halogens is 2. The number of benzene rings is 1. The molecule has 2 heterocycles. The van der Waals surface area contributed by atoms with Crippen molar-refractivity contribution in [3.05, 3.63) is 63.9 Å². The summed E-state index contributed by atoms with van der Waals surface area (Å²) in [6.07, 6.45) is 2.73. The molecule has 3 rings (SSSR count). The van der Waals surface area contributed by atoms with Gasteiger partial charge in [0.25, 0.3) is 0 Å². The fraction of sp³-hybridized carbons (Fsp3) is 0.0625. The molecule has 0 N–H and O–H groups in total. The highest BCUT2D eigenvalue weighted by atomic mass is 35.5. The minimum Gasteiger partial charge on any atom is -0.314 e. The fourth-order valence-electron chi connectivity index (χ4n) is 2.35. The molecule has 0 aliphatic rings. The number of nitrogens with zero attached hydrogens (tertiary/aromatic N) is 1. The zero-order valence-electron chi connectivity index (χ0n) is 10.7. The normalized spacial score (nSPS) is 10.9. The molecular weight excluding hydrogens is 293 g/mol. The smallest absolute Gasteiger partial charge is 0.167 e. The summed E-state index contributed by atoms with van der Waals surface area (Å²) in [5.41, 5.74) is 4.22. The van der Waals surface area contributed by atoms with E-state index < -0.39 is 0 Å². The van der Waals surface area contributed by atoms with Gasteiger partial charge in [0.1, 0.15) is 0 Å². The molecule has 0 saturated heterocycles. The number of carbonyl (C=O) groups excluding carboxylic acids is 1. The number of rotatable bonds is 2. The van der Waals surface area contributed by atoms with Crippen LogP contribution in [0.2, 0.25) is 10.0 Å². The number of aldehydes is 1. The van der Waals surface area contributed by atoms with Crippen LogP contribution >= 0.6 is 23.2 Å². The number of aryl methyl sites for hydroxylation is 1. The summed E-state index contributed by atoms with van der Waals surface area (Å²) in [6.45, 7) is 2.01. The number of hydrogen-bond acceptors (Lipinski definition) is 1. The third kappa shape index (κ3) is 2.11. The van der Waals surface area contributed by atoms with Crippen LogP contribution in [0.1, 0.15) is 16.1 Å². The summed E-state index contributed by atoms with van der Waals surface area (Å²) in [4.78, 5) is 11.5. The van der Waals surface area contributed by atoms with Crippen LogP contribution in [0.15, 0.2) is 42.6 Å². The molecule has 3 aromatic rings. The van der Waals surface area contributed by atoms with Crippen molar-refractivity contribution in [1.29, 1.82) is 0 Å². The second kappa shape index (κ2) is 4.97. The van der Waals surface area contributed by atoms with Gasteiger partial charge in [-0.1, -0.05) is 23.2 Å². The van der Waals surface area contributed by atoms with Crippen molar-refractivity contribution < 1.29 is 4.79 Å². The SMILES string of the molecule is Cc1ccn2c(C=O)c(-c3cc(Cl)ccc3Cl)cc2c1. The average molecular weight is 304 g/mol. The standard InChI is InChI=1S/C16H11Cl2NO/c1-10-4-5-19-12(6-10)8-14(16(19)9-20)13-7-11(17)2-3-15(13)18/h2-9H,1H3. The van der Waals surface area contributed by atoms with E-state index in [1.807, 2.05) is 35.7 Å². The Labute approximate surface area is 126 Å². The van der Waals surface area contributed by atoms with Crippen LogP contribution < -0.4 is 0 Å². The van der Waals surface area contributed by atoms with Crippen molar-refractivity contribution in [3.8, 4) is 11.1 Å². The minimum absolute atomic E-state index is 0.573. The summed E-state index contributed by atoms with van der Waals surface area (Å²) in [5, 5.41) is 1.16. The van der Waals surface area contributed by atoms with Crippen LogP contribution in [0.4, 0.5) is 0 Å². The Morgan fingerprint density at radius 2 is 1.85 bits per heavy atom. The lowest BCUT2D eigenvalue weighted by molar-refractivity contribution is 0.111. The molecule has 0 aliphatic carbocycles. The molecule has 100 valence electrons. The lowest BCUT2D eigenvalue weighted by atomic mass is 10.1. The van der Waals surface area contributed by atoms with Gasteiger partial charge in [0, 0.05) is 32.9 Å². The molecule has 0 unspecified atom stereocenters. The zero-order valence-corrected chi connectivity index (χ0v) is 12.2. The summed E-state index contributed by atoms with van der Waals surface area (Å²) in [6, 6.07) is 11.2. The van der Waals surface area contributed by atoms with E-state index >= 15 is 0 Å². The Bertz CT molecular complexity index is 821. The van der Waals surface area contributed by atoms with Gasteiger partial charge in [-0.05, 0) is 48.9 Å². The number of fused-ring (bicyclic) bond motifs is 1. The maximum Gasteiger partial charge on any atom is 0.167 e. The number of aromatic nitrogens is 1. The van der Waals surface area contributed by atoms with E-state index in [-0.39, 0.29) is 0 Å². The van der Waals surface area contributed by atoms with E-state index in [4.69, 9.17) is 23.2 Å². The van der Waals surface area contributed by atoms with E-state index in [2.05, 4.69) is 0 Å². The van der Waals surface area contributed by atoms with E-state index in [0.29, 0.717) is 15.7 Å². The van der Waals surface area contributed by atoms with Gasteiger partial charge in [-0.3, -0.25) is 4.79 Å². The van der Waals surface area contributed by atoms with Gasteiger partial charge >= 0.3 is 0 Å². The molecule has 20 heavy (non-hydrogen) atoms. The van der Waals surface area contributed by atoms with Gasteiger partial charge in [-0.15, -0.1) is 0 Å². The summed E-state index contributed by atoms with van der Waals surface area (Å²) >= 11 is 12.3. The maximum absolute atomic E-state index is 11.5. The Kier molecular flexibility index (Phi) is 3.28. The first-order valence-corrected chi connectivity index (χ1v) is 6.88. The van der Waals surface area contributed by atoms with Gasteiger partial charge in [0.2, 0.25) is 0 Å². The molecule has 0 aliphatic heterocycles. The predicted molar refractivity (Wildman–Crippen MR) is 83.0 cm³/mol. The molecule has 0 spiro atoms. The van der Waals surface area contributed by atoms with E-state index in [1.54, 1.807) is 18.2 Å². The van der Waals surface area contributed by atoms with Crippen molar-refractivity contribution in [1.82, 2.24) is 4.40 Å². The van der Waals surface area contributed by atoms with Crippen LogP contribution in [0, 0.1) is 6.92 Å². The van der Waals surface area contributed by atoms with Crippen LogP contribution in [0.3, 0.4) is 0 Å². The molecule has 2 aromatic heterocycles. The van der Waals surface area contributed by atoms with E-state index in [9.17, 15) is 4.79 Å². The zero-order chi connectivity index (χ0) is 14.3. The molecule has 0 bridgehead atoms.